The first kappa shape index (κ1) is 12.3. The van der Waals surface area contributed by atoms with Gasteiger partial charge in [-0.1, -0.05) is 5.16 Å². The summed E-state index contributed by atoms with van der Waals surface area (Å²) in [6, 6.07) is 0. The Hall–Kier alpha value is -1.20. The van der Waals surface area contributed by atoms with Crippen molar-refractivity contribution in [2.75, 3.05) is 13.1 Å². The third-order valence-corrected chi connectivity index (χ3v) is 3.55. The SMILES string of the molecule is O=C(C1CCC(F)(F)C1)N1CCC(=NO)CC1. The number of amides is 1. The smallest absolute Gasteiger partial charge is 0.248 e. The molecule has 1 heterocycles. The van der Waals surface area contributed by atoms with E-state index < -0.39 is 11.8 Å². The lowest BCUT2D eigenvalue weighted by Crippen LogP contribution is -2.41. The zero-order valence-electron chi connectivity index (χ0n) is 9.53. The molecule has 1 saturated carbocycles. The number of piperidine rings is 1. The van der Waals surface area contributed by atoms with Crippen molar-refractivity contribution >= 4 is 11.6 Å². The molecule has 0 aromatic heterocycles. The van der Waals surface area contributed by atoms with Crippen molar-refractivity contribution in [1.82, 2.24) is 4.90 Å². The number of carbonyl (C=O) groups is 1. The van der Waals surface area contributed by atoms with Gasteiger partial charge in [-0.3, -0.25) is 4.79 Å². The minimum Gasteiger partial charge on any atom is -0.411 e. The van der Waals surface area contributed by atoms with Crippen molar-refractivity contribution in [2.24, 2.45) is 11.1 Å². The number of rotatable bonds is 1. The molecule has 1 N–H and O–H groups in total. The second-order valence-corrected chi connectivity index (χ2v) is 4.79. The Morgan fingerprint density at radius 3 is 2.53 bits per heavy atom. The number of carbonyl (C=O) groups excluding carboxylic acids is 1. The van der Waals surface area contributed by atoms with Gasteiger partial charge in [0.25, 0.3) is 0 Å². The van der Waals surface area contributed by atoms with Crippen LogP contribution >= 0.6 is 0 Å². The molecule has 0 spiro atoms. The molecule has 2 aliphatic rings. The van der Waals surface area contributed by atoms with Crippen LogP contribution in [0.15, 0.2) is 5.16 Å². The van der Waals surface area contributed by atoms with E-state index in [2.05, 4.69) is 5.16 Å². The summed E-state index contributed by atoms with van der Waals surface area (Å²) in [5, 5.41) is 11.7. The second kappa shape index (κ2) is 4.58. The summed E-state index contributed by atoms with van der Waals surface area (Å²) < 4.78 is 26.0. The van der Waals surface area contributed by atoms with Crippen LogP contribution in [0.1, 0.15) is 32.1 Å². The molecule has 0 aromatic rings. The molecule has 2 fully saturated rings. The molecule has 1 saturated heterocycles. The van der Waals surface area contributed by atoms with Crippen LogP contribution < -0.4 is 0 Å². The average Bonchev–Trinajstić information content (AvgIpc) is 2.69. The van der Waals surface area contributed by atoms with E-state index >= 15 is 0 Å². The summed E-state index contributed by atoms with van der Waals surface area (Å²) in [6.07, 6.45) is 0.851. The van der Waals surface area contributed by atoms with Crippen molar-refractivity contribution in [3.8, 4) is 0 Å². The summed E-state index contributed by atoms with van der Waals surface area (Å²) in [5.74, 6) is -3.37. The molecule has 0 radical (unpaired) electrons. The third-order valence-electron chi connectivity index (χ3n) is 3.55. The van der Waals surface area contributed by atoms with Gasteiger partial charge in [0.1, 0.15) is 0 Å². The number of hydrogen-bond acceptors (Lipinski definition) is 3. The number of halogens is 2. The second-order valence-electron chi connectivity index (χ2n) is 4.79. The van der Waals surface area contributed by atoms with Gasteiger partial charge in [0.2, 0.25) is 11.8 Å². The Morgan fingerprint density at radius 2 is 2.06 bits per heavy atom. The van der Waals surface area contributed by atoms with Gasteiger partial charge in [-0.25, -0.2) is 8.78 Å². The van der Waals surface area contributed by atoms with Crippen molar-refractivity contribution < 1.29 is 18.8 Å². The first-order valence-corrected chi connectivity index (χ1v) is 5.88. The predicted molar refractivity (Wildman–Crippen MR) is 57.3 cm³/mol. The van der Waals surface area contributed by atoms with E-state index in [1.54, 1.807) is 4.90 Å². The predicted octanol–water partition coefficient (Wildman–Crippen LogP) is 1.87. The van der Waals surface area contributed by atoms with Gasteiger partial charge >= 0.3 is 0 Å². The van der Waals surface area contributed by atoms with E-state index in [4.69, 9.17) is 5.21 Å². The molecular weight excluding hydrogens is 230 g/mol. The van der Waals surface area contributed by atoms with E-state index in [0.29, 0.717) is 31.6 Å². The van der Waals surface area contributed by atoms with Gasteiger partial charge in [0, 0.05) is 44.7 Å². The van der Waals surface area contributed by atoms with E-state index in [-0.39, 0.29) is 25.2 Å². The van der Waals surface area contributed by atoms with Crippen LogP contribution in [0.2, 0.25) is 0 Å². The van der Waals surface area contributed by atoms with Crippen molar-refractivity contribution in [1.29, 1.82) is 0 Å². The van der Waals surface area contributed by atoms with E-state index in [1.807, 2.05) is 0 Å². The van der Waals surface area contributed by atoms with Crippen LogP contribution in [0.25, 0.3) is 0 Å². The van der Waals surface area contributed by atoms with Crippen LogP contribution in [-0.2, 0) is 4.79 Å². The normalized spacial score (nSPS) is 28.2. The molecule has 1 aliphatic carbocycles. The molecule has 0 aromatic carbocycles. The number of likely N-dealkylation sites (tertiary alicyclic amines) is 1. The molecule has 17 heavy (non-hydrogen) atoms. The lowest BCUT2D eigenvalue weighted by Gasteiger charge is -2.29. The Kier molecular flexibility index (Phi) is 3.31. The fourth-order valence-electron chi connectivity index (χ4n) is 2.50. The largest absolute Gasteiger partial charge is 0.411 e. The zero-order valence-corrected chi connectivity index (χ0v) is 9.53. The molecule has 1 aliphatic heterocycles. The highest BCUT2D eigenvalue weighted by Gasteiger charge is 2.43. The van der Waals surface area contributed by atoms with Crippen LogP contribution in [0, 0.1) is 5.92 Å². The zero-order chi connectivity index (χ0) is 12.5. The highest BCUT2D eigenvalue weighted by Crippen LogP contribution is 2.39. The quantitative estimate of drug-likeness (QED) is 0.567. The lowest BCUT2D eigenvalue weighted by atomic mass is 10.0. The molecular formula is C11H16F2N2O2. The Balaban J connectivity index is 1.89. The highest BCUT2D eigenvalue weighted by molar-refractivity contribution is 5.87. The van der Waals surface area contributed by atoms with Crippen molar-refractivity contribution in [3.05, 3.63) is 0 Å². The minimum atomic E-state index is -2.67. The lowest BCUT2D eigenvalue weighted by molar-refractivity contribution is -0.136. The van der Waals surface area contributed by atoms with Crippen LogP contribution in [-0.4, -0.2) is 40.7 Å². The fourth-order valence-corrected chi connectivity index (χ4v) is 2.50. The number of hydrogen-bond donors (Lipinski definition) is 1. The first-order chi connectivity index (χ1) is 8.02. The molecule has 0 bridgehead atoms. The fraction of sp³-hybridized carbons (Fsp3) is 0.818. The first-order valence-electron chi connectivity index (χ1n) is 5.88. The topological polar surface area (TPSA) is 52.9 Å². The third kappa shape index (κ3) is 2.73. The molecule has 1 amide bonds. The standard InChI is InChI=1S/C11H16F2N2O2/c12-11(13)4-1-8(7-11)10(16)15-5-2-9(14-17)3-6-15/h8,17H,1-7H2. The maximum atomic E-state index is 13.0. The Bertz CT molecular complexity index is 334. The van der Waals surface area contributed by atoms with Gasteiger partial charge in [-0.2, -0.15) is 0 Å². The summed E-state index contributed by atoms with van der Waals surface area (Å²) in [4.78, 5) is 13.6. The van der Waals surface area contributed by atoms with Crippen LogP contribution in [0.3, 0.4) is 0 Å². The van der Waals surface area contributed by atoms with E-state index in [1.165, 1.54) is 0 Å². The summed E-state index contributed by atoms with van der Waals surface area (Å²) in [7, 11) is 0. The molecule has 96 valence electrons. The minimum absolute atomic E-state index is 0.167. The Morgan fingerprint density at radius 1 is 1.41 bits per heavy atom. The Labute approximate surface area is 98.3 Å². The van der Waals surface area contributed by atoms with E-state index in [9.17, 15) is 13.6 Å². The molecule has 1 unspecified atom stereocenters. The van der Waals surface area contributed by atoms with Gasteiger partial charge in [0.05, 0.1) is 5.71 Å². The van der Waals surface area contributed by atoms with Gasteiger partial charge < -0.3 is 10.1 Å². The summed E-state index contributed by atoms with van der Waals surface area (Å²) in [5.41, 5.74) is 0.672. The van der Waals surface area contributed by atoms with Gasteiger partial charge in [-0.15, -0.1) is 0 Å². The number of oxime groups is 1. The highest BCUT2D eigenvalue weighted by atomic mass is 19.3. The monoisotopic (exact) mass is 246 g/mol. The maximum absolute atomic E-state index is 13.0. The van der Waals surface area contributed by atoms with E-state index in [0.717, 1.165) is 0 Å². The summed E-state index contributed by atoms with van der Waals surface area (Å²) in [6.45, 7) is 0.945. The van der Waals surface area contributed by atoms with Crippen LogP contribution in [0.4, 0.5) is 8.78 Å². The summed E-state index contributed by atoms with van der Waals surface area (Å²) >= 11 is 0. The molecule has 2 rings (SSSR count). The molecule has 6 heteroatoms. The molecule has 4 nitrogen and oxygen atoms in total. The van der Waals surface area contributed by atoms with Gasteiger partial charge in [0.15, 0.2) is 0 Å². The molecule has 1 atom stereocenters. The van der Waals surface area contributed by atoms with Crippen LogP contribution in [0.5, 0.6) is 0 Å². The van der Waals surface area contributed by atoms with Crippen molar-refractivity contribution in [3.63, 3.8) is 0 Å². The number of alkyl halides is 2. The van der Waals surface area contributed by atoms with Gasteiger partial charge in [-0.05, 0) is 6.42 Å². The van der Waals surface area contributed by atoms with Crippen molar-refractivity contribution in [2.45, 2.75) is 38.0 Å². The number of nitrogens with zero attached hydrogens (tertiary/aromatic N) is 2. The average molecular weight is 246 g/mol. The maximum Gasteiger partial charge on any atom is 0.248 e.